The molecule has 0 aromatic rings. The van der Waals surface area contributed by atoms with Crippen LogP contribution in [0.25, 0.3) is 0 Å². The Bertz CT molecular complexity index is 398. The van der Waals surface area contributed by atoms with Gasteiger partial charge in [0.15, 0.2) is 9.86 Å². The maximum Gasteiger partial charge on any atom is 0.184 e. The van der Waals surface area contributed by atoms with E-state index in [1.807, 2.05) is 0 Å². The van der Waals surface area contributed by atoms with Crippen molar-refractivity contribution in [2.75, 3.05) is 11.5 Å². The Hall–Kier alpha value is -0.330. The van der Waals surface area contributed by atoms with Gasteiger partial charge < -0.3 is 4.74 Å². The summed E-state index contributed by atoms with van der Waals surface area (Å²) in [6, 6.07) is 0. The van der Waals surface area contributed by atoms with E-state index in [2.05, 4.69) is 0 Å². The molecule has 3 rings (SSSR count). The van der Waals surface area contributed by atoms with E-state index < -0.39 is 37.9 Å². The highest BCUT2D eigenvalue weighted by Gasteiger charge is 2.61. The summed E-state index contributed by atoms with van der Waals surface area (Å²) in [5, 5.41) is 0. The zero-order valence-electron chi connectivity index (χ0n) is 7.88. The molecule has 2 bridgehead atoms. The number of hydrogen-bond acceptors (Lipinski definition) is 4. The molecule has 0 aromatic carbocycles. The molecule has 3 heterocycles. The first-order valence-electron chi connectivity index (χ1n) is 4.79. The van der Waals surface area contributed by atoms with Crippen LogP contribution < -0.4 is 0 Å². The Morgan fingerprint density at radius 1 is 1.33 bits per heavy atom. The van der Waals surface area contributed by atoms with Crippen molar-refractivity contribution in [3.8, 4) is 0 Å². The van der Waals surface area contributed by atoms with Gasteiger partial charge in [-0.2, -0.15) is 0 Å². The van der Waals surface area contributed by atoms with Crippen LogP contribution in [0.4, 0.5) is 0 Å². The highest BCUT2D eigenvalue weighted by atomic mass is 32.3. The molecule has 0 aromatic heterocycles. The van der Waals surface area contributed by atoms with E-state index >= 15 is 0 Å². The molecule has 0 amide bonds. The van der Waals surface area contributed by atoms with Crippen LogP contribution in [-0.2, 0) is 31.1 Å². The average molecular weight is 246 g/mol. The maximum absolute atomic E-state index is 12.0. The highest BCUT2D eigenvalue weighted by Crippen LogP contribution is 2.45. The van der Waals surface area contributed by atoms with Crippen LogP contribution in [0.1, 0.15) is 6.42 Å². The van der Waals surface area contributed by atoms with Gasteiger partial charge in [-0.25, -0.2) is 0 Å². The minimum Gasteiger partial charge on any atom is -0.360 e. The summed E-state index contributed by atoms with van der Waals surface area (Å²) < 4.78 is 28.6. The fourth-order valence-corrected chi connectivity index (χ4v) is 7.09. The van der Waals surface area contributed by atoms with Gasteiger partial charge in [0.25, 0.3) is 0 Å². The van der Waals surface area contributed by atoms with E-state index in [4.69, 9.17) is 4.74 Å². The number of ketones is 1. The van der Waals surface area contributed by atoms with Crippen molar-refractivity contribution < 1.29 is 17.9 Å². The largest absolute Gasteiger partial charge is 0.360 e. The molecule has 2 saturated heterocycles. The van der Waals surface area contributed by atoms with Crippen LogP contribution >= 0.6 is 0 Å². The molecule has 0 N–H and O–H groups in total. The molecule has 2 unspecified atom stereocenters. The lowest BCUT2D eigenvalue weighted by Gasteiger charge is -2.24. The van der Waals surface area contributed by atoms with Crippen LogP contribution in [0.15, 0.2) is 12.2 Å². The molecule has 82 valence electrons. The Morgan fingerprint density at radius 3 is 2.60 bits per heavy atom. The molecule has 2 fully saturated rings. The predicted molar refractivity (Wildman–Crippen MR) is 56.2 cm³/mol. The minimum atomic E-state index is -1.14. The second-order valence-corrected chi connectivity index (χ2v) is 7.84. The van der Waals surface area contributed by atoms with E-state index in [-0.39, 0.29) is 5.78 Å². The van der Waals surface area contributed by atoms with Gasteiger partial charge in [-0.3, -0.25) is 13.2 Å². The van der Waals surface area contributed by atoms with E-state index in [0.29, 0.717) is 17.9 Å². The molecule has 3 aliphatic rings. The molecule has 0 radical (unpaired) electrons. The van der Waals surface area contributed by atoms with E-state index in [1.54, 1.807) is 6.08 Å². The molecular weight excluding hydrogens is 236 g/mol. The maximum atomic E-state index is 12.0. The fourth-order valence-electron chi connectivity index (χ4n) is 2.40. The van der Waals surface area contributed by atoms with Crippen molar-refractivity contribution in [3.63, 3.8) is 0 Å². The molecule has 15 heavy (non-hydrogen) atoms. The summed E-state index contributed by atoms with van der Waals surface area (Å²) in [5.41, 5.74) is 0. The number of hydrogen-bond donors (Lipinski definition) is 0. The molecule has 1 spiro atoms. The summed E-state index contributed by atoms with van der Waals surface area (Å²) in [7, 11) is -2.28. The van der Waals surface area contributed by atoms with E-state index in [0.717, 1.165) is 0 Å². The van der Waals surface area contributed by atoms with Crippen LogP contribution in [0, 0.1) is 0 Å². The Balaban J connectivity index is 2.09. The van der Waals surface area contributed by atoms with Gasteiger partial charge in [0, 0.05) is 39.5 Å². The lowest BCUT2D eigenvalue weighted by atomic mass is 10.2. The second kappa shape index (κ2) is 3.09. The third-order valence-electron chi connectivity index (χ3n) is 3.19. The summed E-state index contributed by atoms with van der Waals surface area (Å²) in [6.07, 6.45) is 2.52. The monoisotopic (exact) mass is 246 g/mol. The molecule has 3 aliphatic heterocycles. The van der Waals surface area contributed by atoms with Crippen LogP contribution in [-0.4, -0.2) is 42.0 Å². The minimum absolute atomic E-state index is 0.0935. The predicted octanol–water partition coefficient (Wildman–Crippen LogP) is -0.510. The smallest absolute Gasteiger partial charge is 0.184 e. The third kappa shape index (κ3) is 1.13. The molecule has 6 heteroatoms. The summed E-state index contributed by atoms with van der Waals surface area (Å²) in [5.74, 6) is 0.826. The van der Waals surface area contributed by atoms with Gasteiger partial charge in [0.2, 0.25) is 0 Å². The van der Waals surface area contributed by atoms with Crippen molar-refractivity contribution in [2.45, 2.75) is 22.7 Å². The zero-order chi connectivity index (χ0) is 10.6. The van der Waals surface area contributed by atoms with Crippen LogP contribution in [0.5, 0.6) is 0 Å². The molecule has 4 nitrogen and oxygen atoms in total. The van der Waals surface area contributed by atoms with Gasteiger partial charge in [0.1, 0.15) is 12.2 Å². The van der Waals surface area contributed by atoms with Gasteiger partial charge in [0.05, 0.1) is 0 Å². The van der Waals surface area contributed by atoms with E-state index in [9.17, 15) is 13.2 Å². The number of ether oxygens (including phenoxy) is 1. The van der Waals surface area contributed by atoms with Crippen molar-refractivity contribution >= 4 is 27.4 Å². The molecule has 0 aliphatic carbocycles. The first-order valence-corrected chi connectivity index (χ1v) is 7.43. The second-order valence-electron chi connectivity index (χ2n) is 3.92. The standard InChI is InChI=1S/C9H10O4S2/c10-6-1-2-8-9(5-7(6)13-8)14(11)3-4-15(9)12/h1-2,7-8H,3-5H2/t7-,8-,9?,14?,15?/m1/s1. The number of carbonyl (C=O) groups is 1. The normalized spacial score (nSPS) is 52.9. The average Bonchev–Trinajstić information content (AvgIpc) is 2.69. The lowest BCUT2D eigenvalue weighted by molar-refractivity contribution is -0.125. The summed E-state index contributed by atoms with van der Waals surface area (Å²) in [4.78, 5) is 11.4. The molecule has 0 saturated carbocycles. The van der Waals surface area contributed by atoms with Gasteiger partial charge in [-0.05, 0) is 12.2 Å². The Labute approximate surface area is 92.0 Å². The summed E-state index contributed by atoms with van der Waals surface area (Å²) in [6.45, 7) is 0. The van der Waals surface area contributed by atoms with Crippen LogP contribution in [0.3, 0.4) is 0 Å². The van der Waals surface area contributed by atoms with Gasteiger partial charge in [-0.1, -0.05) is 0 Å². The number of carbonyl (C=O) groups excluding carboxylic acids is 1. The van der Waals surface area contributed by atoms with Crippen molar-refractivity contribution in [1.82, 2.24) is 0 Å². The third-order valence-corrected chi connectivity index (χ3v) is 8.05. The van der Waals surface area contributed by atoms with Crippen molar-refractivity contribution in [2.24, 2.45) is 0 Å². The highest BCUT2D eigenvalue weighted by molar-refractivity contribution is 8.07. The number of fused-ring (bicyclic) bond motifs is 3. The van der Waals surface area contributed by atoms with Crippen molar-refractivity contribution in [3.05, 3.63) is 12.2 Å². The quantitative estimate of drug-likeness (QED) is 0.577. The van der Waals surface area contributed by atoms with Gasteiger partial charge >= 0.3 is 0 Å². The van der Waals surface area contributed by atoms with Crippen LogP contribution in [0.2, 0.25) is 0 Å². The lowest BCUT2D eigenvalue weighted by Crippen LogP contribution is -2.41. The first-order chi connectivity index (χ1) is 7.14. The Kier molecular flexibility index (Phi) is 2.03. The Morgan fingerprint density at radius 2 is 2.00 bits per heavy atom. The van der Waals surface area contributed by atoms with E-state index in [1.165, 1.54) is 6.08 Å². The SMILES string of the molecule is O=C1C=C[C@H]2O[C@@H]1CC21S(=O)CCS1=O. The number of rotatable bonds is 0. The molecular formula is C9H10O4S2. The first kappa shape index (κ1) is 9.86. The summed E-state index contributed by atoms with van der Waals surface area (Å²) >= 11 is 0. The zero-order valence-corrected chi connectivity index (χ0v) is 9.51. The topological polar surface area (TPSA) is 60.4 Å². The fraction of sp³-hybridized carbons (Fsp3) is 0.667. The molecule has 4 atom stereocenters. The van der Waals surface area contributed by atoms with Gasteiger partial charge in [-0.15, -0.1) is 0 Å². The van der Waals surface area contributed by atoms with Crippen molar-refractivity contribution in [1.29, 1.82) is 0 Å².